The van der Waals surface area contributed by atoms with Crippen molar-refractivity contribution in [3.05, 3.63) is 83.4 Å². The molecule has 0 bridgehead atoms. The zero-order valence-electron chi connectivity index (χ0n) is 21.3. The Morgan fingerprint density at radius 1 is 0.892 bits per heavy atom. The van der Waals surface area contributed by atoms with Crippen LogP contribution in [0.5, 0.6) is 11.5 Å². The SMILES string of the molecule is CC(C)(C)c1ccc(C(=O)c2cccc(NC(=O)CN(c3ccc4c(c3)OCCO4)S(C)(=O)=O)c2)cc1. The molecule has 0 atom stereocenters. The van der Waals surface area contributed by atoms with Crippen LogP contribution in [0.4, 0.5) is 11.4 Å². The van der Waals surface area contributed by atoms with Crippen LogP contribution in [0.15, 0.2) is 66.7 Å². The monoisotopic (exact) mass is 522 g/mol. The van der Waals surface area contributed by atoms with E-state index in [0.29, 0.717) is 41.5 Å². The molecule has 3 aromatic rings. The number of hydrogen-bond acceptors (Lipinski definition) is 6. The molecule has 0 unspecified atom stereocenters. The van der Waals surface area contributed by atoms with Gasteiger partial charge in [-0.15, -0.1) is 0 Å². The maximum Gasteiger partial charge on any atom is 0.245 e. The van der Waals surface area contributed by atoms with Crippen molar-refractivity contribution >= 4 is 33.1 Å². The Balaban J connectivity index is 1.49. The average Bonchev–Trinajstić information content (AvgIpc) is 2.85. The molecule has 1 N–H and O–H groups in total. The van der Waals surface area contributed by atoms with E-state index in [0.717, 1.165) is 16.1 Å². The lowest BCUT2D eigenvalue weighted by atomic mass is 9.86. The van der Waals surface area contributed by atoms with Crippen LogP contribution < -0.4 is 19.1 Å². The number of sulfonamides is 1. The molecule has 0 radical (unpaired) electrons. The van der Waals surface area contributed by atoms with Crippen LogP contribution >= 0.6 is 0 Å². The Kier molecular flexibility index (Phi) is 7.27. The Hall–Kier alpha value is -3.85. The second-order valence-electron chi connectivity index (χ2n) is 9.88. The third kappa shape index (κ3) is 6.29. The number of fused-ring (bicyclic) bond motifs is 1. The maximum atomic E-state index is 13.0. The lowest BCUT2D eigenvalue weighted by molar-refractivity contribution is -0.114. The molecule has 0 fully saturated rings. The fourth-order valence-corrected chi connectivity index (χ4v) is 4.79. The van der Waals surface area contributed by atoms with Crippen molar-refractivity contribution in [1.82, 2.24) is 0 Å². The highest BCUT2D eigenvalue weighted by atomic mass is 32.2. The fraction of sp³-hybridized carbons (Fsp3) is 0.286. The van der Waals surface area contributed by atoms with Gasteiger partial charge in [0.15, 0.2) is 17.3 Å². The van der Waals surface area contributed by atoms with Gasteiger partial charge in [0.2, 0.25) is 15.9 Å². The fourth-order valence-electron chi connectivity index (χ4n) is 3.94. The van der Waals surface area contributed by atoms with Crippen LogP contribution in [0, 0.1) is 0 Å². The number of carbonyl (C=O) groups excluding carboxylic acids is 2. The van der Waals surface area contributed by atoms with Gasteiger partial charge in [0.1, 0.15) is 19.8 Å². The Morgan fingerprint density at radius 3 is 2.22 bits per heavy atom. The van der Waals surface area contributed by atoms with Crippen molar-refractivity contribution in [1.29, 1.82) is 0 Å². The van der Waals surface area contributed by atoms with Gasteiger partial charge in [-0.05, 0) is 35.2 Å². The molecule has 37 heavy (non-hydrogen) atoms. The van der Waals surface area contributed by atoms with Crippen LogP contribution in [0.25, 0.3) is 0 Å². The first-order valence-electron chi connectivity index (χ1n) is 11.8. The minimum atomic E-state index is -3.78. The molecule has 194 valence electrons. The number of ether oxygens (including phenoxy) is 2. The molecule has 4 rings (SSSR count). The summed E-state index contributed by atoms with van der Waals surface area (Å²) in [5.74, 6) is 0.201. The van der Waals surface area contributed by atoms with Crippen LogP contribution in [0.3, 0.4) is 0 Å². The first-order valence-corrected chi connectivity index (χ1v) is 13.7. The topological polar surface area (TPSA) is 102 Å². The van der Waals surface area contributed by atoms with E-state index in [2.05, 4.69) is 26.1 Å². The van der Waals surface area contributed by atoms with Crippen molar-refractivity contribution in [3.8, 4) is 11.5 Å². The van der Waals surface area contributed by atoms with Crippen molar-refractivity contribution in [2.45, 2.75) is 26.2 Å². The molecule has 0 saturated carbocycles. The number of nitrogens with zero attached hydrogens (tertiary/aromatic N) is 1. The third-order valence-corrected chi connectivity index (χ3v) is 7.06. The number of ketones is 1. The number of rotatable bonds is 7. The minimum Gasteiger partial charge on any atom is -0.486 e. The van der Waals surface area contributed by atoms with Gasteiger partial charge in [0, 0.05) is 22.9 Å². The first kappa shape index (κ1) is 26.2. The second kappa shape index (κ2) is 10.3. The summed E-state index contributed by atoms with van der Waals surface area (Å²) in [6.07, 6.45) is 1.03. The second-order valence-corrected chi connectivity index (χ2v) is 11.8. The zero-order valence-corrected chi connectivity index (χ0v) is 22.1. The van der Waals surface area contributed by atoms with E-state index in [1.165, 1.54) is 6.07 Å². The molecule has 1 amide bonds. The number of nitrogens with one attached hydrogen (secondary N) is 1. The molecule has 0 spiro atoms. The summed E-state index contributed by atoms with van der Waals surface area (Å²) in [7, 11) is -3.78. The molecule has 1 aliphatic heterocycles. The van der Waals surface area contributed by atoms with E-state index in [9.17, 15) is 18.0 Å². The molecule has 9 heteroatoms. The lowest BCUT2D eigenvalue weighted by Crippen LogP contribution is -2.37. The van der Waals surface area contributed by atoms with E-state index in [1.54, 1.807) is 48.5 Å². The van der Waals surface area contributed by atoms with Gasteiger partial charge in [0.25, 0.3) is 0 Å². The van der Waals surface area contributed by atoms with E-state index in [1.807, 2.05) is 12.1 Å². The van der Waals surface area contributed by atoms with Gasteiger partial charge in [0.05, 0.1) is 11.9 Å². The number of anilines is 2. The van der Waals surface area contributed by atoms with Crippen LogP contribution in [0.1, 0.15) is 42.3 Å². The number of benzene rings is 3. The van der Waals surface area contributed by atoms with Crippen LogP contribution in [-0.2, 0) is 20.2 Å². The van der Waals surface area contributed by atoms with E-state index in [4.69, 9.17) is 9.47 Å². The first-order chi connectivity index (χ1) is 17.4. The average molecular weight is 523 g/mol. The number of amides is 1. The Morgan fingerprint density at radius 2 is 1.57 bits per heavy atom. The van der Waals surface area contributed by atoms with Crippen LogP contribution in [0.2, 0.25) is 0 Å². The van der Waals surface area contributed by atoms with Crippen molar-refractivity contribution in [2.24, 2.45) is 0 Å². The smallest absolute Gasteiger partial charge is 0.245 e. The van der Waals surface area contributed by atoms with Gasteiger partial charge in [-0.3, -0.25) is 13.9 Å². The predicted molar refractivity (Wildman–Crippen MR) is 143 cm³/mol. The van der Waals surface area contributed by atoms with Crippen LogP contribution in [-0.4, -0.2) is 46.1 Å². The summed E-state index contributed by atoms with van der Waals surface area (Å²) >= 11 is 0. The number of carbonyl (C=O) groups is 2. The van der Waals surface area contributed by atoms with Gasteiger partial charge >= 0.3 is 0 Å². The standard InChI is InChI=1S/C28H30N2O6S/c1-28(2,3)21-10-8-19(9-11-21)27(32)20-6-5-7-22(16-20)29-26(31)18-30(37(4,33)34)23-12-13-24-25(17-23)36-15-14-35-24/h5-13,16-17H,14-15,18H2,1-4H3,(H,29,31). The maximum absolute atomic E-state index is 13.0. The molecule has 0 aromatic heterocycles. The molecular formula is C28H30N2O6S. The molecule has 0 aliphatic carbocycles. The van der Waals surface area contributed by atoms with E-state index >= 15 is 0 Å². The van der Waals surface area contributed by atoms with Crippen molar-refractivity contribution in [3.63, 3.8) is 0 Å². The Labute approximate surface area is 217 Å². The highest BCUT2D eigenvalue weighted by molar-refractivity contribution is 7.92. The molecular weight excluding hydrogens is 492 g/mol. The molecule has 8 nitrogen and oxygen atoms in total. The molecule has 1 heterocycles. The van der Waals surface area contributed by atoms with Gasteiger partial charge in [-0.1, -0.05) is 57.2 Å². The van der Waals surface area contributed by atoms with E-state index < -0.39 is 22.5 Å². The normalized spacial score (nSPS) is 13.1. The zero-order chi connectivity index (χ0) is 26.8. The van der Waals surface area contributed by atoms with E-state index in [-0.39, 0.29) is 16.9 Å². The van der Waals surface area contributed by atoms with Gasteiger partial charge < -0.3 is 14.8 Å². The minimum absolute atomic E-state index is 0.0223. The highest BCUT2D eigenvalue weighted by Crippen LogP contribution is 2.34. The predicted octanol–water partition coefficient (Wildman–Crippen LogP) is 4.39. The number of hydrogen-bond donors (Lipinski definition) is 1. The van der Waals surface area contributed by atoms with Gasteiger partial charge in [-0.25, -0.2) is 8.42 Å². The summed E-state index contributed by atoms with van der Waals surface area (Å²) < 4.78 is 37.0. The third-order valence-electron chi connectivity index (χ3n) is 5.92. The van der Waals surface area contributed by atoms with Gasteiger partial charge in [-0.2, -0.15) is 0 Å². The molecule has 3 aromatic carbocycles. The largest absolute Gasteiger partial charge is 0.486 e. The van der Waals surface area contributed by atoms with Crippen molar-refractivity contribution in [2.75, 3.05) is 35.6 Å². The Bertz CT molecular complexity index is 1430. The molecule has 0 saturated heterocycles. The molecule has 1 aliphatic rings. The quantitative estimate of drug-likeness (QED) is 0.462. The summed E-state index contributed by atoms with van der Waals surface area (Å²) in [4.78, 5) is 25.9. The summed E-state index contributed by atoms with van der Waals surface area (Å²) in [6.45, 7) is 6.63. The summed E-state index contributed by atoms with van der Waals surface area (Å²) in [5.41, 5.74) is 2.72. The lowest BCUT2D eigenvalue weighted by Gasteiger charge is -2.24. The summed E-state index contributed by atoms with van der Waals surface area (Å²) in [5, 5.41) is 2.70. The highest BCUT2D eigenvalue weighted by Gasteiger charge is 2.24. The summed E-state index contributed by atoms with van der Waals surface area (Å²) in [6, 6.07) is 18.8. The van der Waals surface area contributed by atoms with Crippen molar-refractivity contribution < 1.29 is 27.5 Å².